The van der Waals surface area contributed by atoms with E-state index in [4.69, 9.17) is 14.2 Å². The maximum absolute atomic E-state index is 12.2. The molecule has 0 radical (unpaired) electrons. The fourth-order valence-electron chi connectivity index (χ4n) is 2.85. The van der Waals surface area contributed by atoms with E-state index in [1.165, 1.54) is 6.20 Å². The number of ether oxygens (including phenoxy) is 3. The van der Waals surface area contributed by atoms with Gasteiger partial charge in [-0.15, -0.1) is 0 Å². The van der Waals surface area contributed by atoms with Crippen molar-refractivity contribution in [1.29, 1.82) is 0 Å². The van der Waals surface area contributed by atoms with Crippen molar-refractivity contribution in [2.24, 2.45) is 0 Å². The summed E-state index contributed by atoms with van der Waals surface area (Å²) in [5, 5.41) is 0.695. The molecule has 0 unspecified atom stereocenters. The summed E-state index contributed by atoms with van der Waals surface area (Å²) in [6.45, 7) is -0.544. The Morgan fingerprint density at radius 2 is 1.79 bits per heavy atom. The molecule has 2 heterocycles. The highest BCUT2D eigenvalue weighted by Crippen LogP contribution is 2.30. The van der Waals surface area contributed by atoms with E-state index < -0.39 is 30.5 Å². The summed E-state index contributed by atoms with van der Waals surface area (Å²) >= 11 is 0. The van der Waals surface area contributed by atoms with E-state index in [2.05, 4.69) is 15.8 Å². The van der Waals surface area contributed by atoms with Gasteiger partial charge in [-0.3, -0.25) is 20.4 Å². The molecule has 0 fully saturated rings. The highest BCUT2D eigenvalue weighted by atomic mass is 16.6. The van der Waals surface area contributed by atoms with Gasteiger partial charge in [0.1, 0.15) is 6.61 Å². The average molecular weight is 395 g/mol. The van der Waals surface area contributed by atoms with Gasteiger partial charge in [-0.05, 0) is 18.2 Å². The summed E-state index contributed by atoms with van der Waals surface area (Å²) in [4.78, 5) is 39.2. The number of carbonyl (C=O) groups excluding carboxylic acids is 3. The molecule has 1 aromatic heterocycles. The molecule has 0 bridgehead atoms. The lowest BCUT2D eigenvalue weighted by Crippen LogP contribution is -2.51. The van der Waals surface area contributed by atoms with Crippen molar-refractivity contribution in [3.05, 3.63) is 60.3 Å². The smallest absolute Gasteiger partial charge is 0.340 e. The van der Waals surface area contributed by atoms with E-state index in [1.807, 2.05) is 12.1 Å². The van der Waals surface area contributed by atoms with E-state index >= 15 is 0 Å². The molecule has 4 rings (SSSR count). The normalized spacial score (nSPS) is 14.8. The number of esters is 1. The number of nitrogens with one attached hydrogen (secondary N) is 3. The first-order valence-corrected chi connectivity index (χ1v) is 8.82. The van der Waals surface area contributed by atoms with Crippen molar-refractivity contribution in [1.82, 2.24) is 15.8 Å². The third-order valence-corrected chi connectivity index (χ3v) is 4.27. The minimum absolute atomic E-state index is 0.00820. The zero-order valence-corrected chi connectivity index (χ0v) is 15.1. The molecule has 29 heavy (non-hydrogen) atoms. The molecule has 148 valence electrons. The Bertz CT molecular complexity index is 1080. The van der Waals surface area contributed by atoms with Gasteiger partial charge in [0.05, 0.1) is 5.56 Å². The molecule has 9 nitrogen and oxygen atoms in total. The Morgan fingerprint density at radius 3 is 2.66 bits per heavy atom. The Hall–Kier alpha value is -4.01. The molecule has 3 aromatic rings. The number of hydrogen-bond donors (Lipinski definition) is 3. The fourth-order valence-corrected chi connectivity index (χ4v) is 2.85. The number of aromatic nitrogens is 1. The molecule has 2 amide bonds. The first-order valence-electron chi connectivity index (χ1n) is 8.82. The first-order chi connectivity index (χ1) is 14.1. The van der Waals surface area contributed by atoms with E-state index in [0.717, 1.165) is 5.52 Å². The zero-order valence-electron chi connectivity index (χ0n) is 15.1. The van der Waals surface area contributed by atoms with Crippen molar-refractivity contribution >= 4 is 28.7 Å². The number of para-hydroxylation sites is 3. The summed E-state index contributed by atoms with van der Waals surface area (Å²) < 4.78 is 16.0. The van der Waals surface area contributed by atoms with Crippen LogP contribution in [0, 0.1) is 0 Å². The largest absolute Gasteiger partial charge is 0.485 e. The van der Waals surface area contributed by atoms with E-state index in [1.54, 1.807) is 36.4 Å². The molecule has 0 spiro atoms. The summed E-state index contributed by atoms with van der Waals surface area (Å²) in [6.07, 6.45) is 0.601. The second-order valence-electron chi connectivity index (χ2n) is 6.23. The van der Waals surface area contributed by atoms with Gasteiger partial charge in [-0.2, -0.15) is 0 Å². The number of carbonyl (C=O) groups is 3. The predicted molar refractivity (Wildman–Crippen MR) is 101 cm³/mol. The number of benzene rings is 2. The highest BCUT2D eigenvalue weighted by molar-refractivity contribution is 6.04. The van der Waals surface area contributed by atoms with Crippen molar-refractivity contribution in [2.45, 2.75) is 6.10 Å². The lowest BCUT2D eigenvalue weighted by molar-refractivity contribution is -0.135. The second kappa shape index (κ2) is 7.93. The maximum Gasteiger partial charge on any atom is 0.340 e. The first kappa shape index (κ1) is 18.4. The minimum Gasteiger partial charge on any atom is -0.485 e. The molecule has 2 aromatic carbocycles. The van der Waals surface area contributed by atoms with E-state index in [0.29, 0.717) is 22.4 Å². The van der Waals surface area contributed by atoms with Crippen LogP contribution in [0.1, 0.15) is 10.4 Å². The quantitative estimate of drug-likeness (QED) is 0.453. The fraction of sp³-hybridized carbons (Fsp3) is 0.150. The number of hydrogen-bond acceptors (Lipinski definition) is 6. The van der Waals surface area contributed by atoms with Gasteiger partial charge in [0.15, 0.2) is 18.1 Å². The third kappa shape index (κ3) is 3.98. The van der Waals surface area contributed by atoms with E-state index in [-0.39, 0.29) is 6.61 Å². The Kier molecular flexibility index (Phi) is 5.02. The van der Waals surface area contributed by atoms with Crippen LogP contribution in [0.4, 0.5) is 0 Å². The number of aromatic amines is 1. The number of H-pyrrole nitrogens is 1. The van der Waals surface area contributed by atoms with Gasteiger partial charge < -0.3 is 19.2 Å². The molecule has 0 saturated carbocycles. The lowest BCUT2D eigenvalue weighted by atomic mass is 10.2. The Balaban J connectivity index is 1.25. The highest BCUT2D eigenvalue weighted by Gasteiger charge is 2.27. The van der Waals surface area contributed by atoms with Gasteiger partial charge in [0.25, 0.3) is 11.8 Å². The van der Waals surface area contributed by atoms with E-state index in [9.17, 15) is 14.4 Å². The average Bonchev–Trinajstić information content (AvgIpc) is 3.19. The van der Waals surface area contributed by atoms with Crippen LogP contribution in [0.2, 0.25) is 0 Å². The SMILES string of the molecule is O=C(COC(=O)c1c[nH]c2ccccc12)NNC(=O)[C@@H]1COc2ccccc2O1. The molecule has 0 aliphatic carbocycles. The molecule has 3 N–H and O–H groups in total. The van der Waals surface area contributed by atoms with Crippen LogP contribution in [0.25, 0.3) is 10.9 Å². The number of rotatable bonds is 4. The van der Waals surface area contributed by atoms with Gasteiger partial charge in [0.2, 0.25) is 6.10 Å². The molecule has 1 aliphatic heterocycles. The summed E-state index contributed by atoms with van der Waals surface area (Å²) in [5.41, 5.74) is 5.52. The van der Waals surface area contributed by atoms with Crippen LogP contribution in [0.5, 0.6) is 11.5 Å². The Labute approximate surface area is 164 Å². The van der Waals surface area contributed by atoms with Crippen LogP contribution in [0.15, 0.2) is 54.7 Å². The standard InChI is InChI=1S/C20H17N3O6/c24-18(11-28-20(26)13-9-21-14-6-2-1-5-12(13)14)22-23-19(25)17-10-27-15-7-3-4-8-16(15)29-17/h1-9,17,21H,10-11H2,(H,22,24)(H,23,25)/t17-/m0/s1. The van der Waals surface area contributed by atoms with Gasteiger partial charge in [-0.25, -0.2) is 4.79 Å². The van der Waals surface area contributed by atoms with Gasteiger partial charge in [-0.1, -0.05) is 30.3 Å². The Morgan fingerprint density at radius 1 is 1.03 bits per heavy atom. The molecule has 1 aliphatic rings. The summed E-state index contributed by atoms with van der Waals surface area (Å²) in [7, 11) is 0. The molecule has 9 heteroatoms. The van der Waals surface area contributed by atoms with Crippen LogP contribution >= 0.6 is 0 Å². The maximum atomic E-state index is 12.2. The minimum atomic E-state index is -0.918. The number of amides is 2. The van der Waals surface area contributed by atoms with Crippen LogP contribution in [-0.4, -0.2) is 42.1 Å². The van der Waals surface area contributed by atoms with Gasteiger partial charge >= 0.3 is 5.97 Å². The second-order valence-corrected chi connectivity index (χ2v) is 6.23. The van der Waals surface area contributed by atoms with Gasteiger partial charge in [0, 0.05) is 17.1 Å². The summed E-state index contributed by atoms with van der Waals surface area (Å²) in [6, 6.07) is 14.2. The summed E-state index contributed by atoms with van der Waals surface area (Å²) in [5.74, 6) is -0.938. The molecular formula is C20H17N3O6. The topological polar surface area (TPSA) is 119 Å². The molecule has 0 saturated heterocycles. The molecule has 1 atom stereocenters. The number of hydrazine groups is 1. The zero-order chi connectivity index (χ0) is 20.2. The lowest BCUT2D eigenvalue weighted by Gasteiger charge is -2.25. The third-order valence-electron chi connectivity index (χ3n) is 4.27. The van der Waals surface area contributed by atoms with Crippen molar-refractivity contribution in [3.63, 3.8) is 0 Å². The number of fused-ring (bicyclic) bond motifs is 2. The van der Waals surface area contributed by atoms with Crippen LogP contribution in [-0.2, 0) is 14.3 Å². The van der Waals surface area contributed by atoms with Crippen molar-refractivity contribution < 1.29 is 28.6 Å². The monoisotopic (exact) mass is 395 g/mol. The van der Waals surface area contributed by atoms with Crippen molar-refractivity contribution in [2.75, 3.05) is 13.2 Å². The van der Waals surface area contributed by atoms with Crippen LogP contribution in [0.3, 0.4) is 0 Å². The van der Waals surface area contributed by atoms with Crippen LogP contribution < -0.4 is 20.3 Å². The van der Waals surface area contributed by atoms with Crippen molar-refractivity contribution in [3.8, 4) is 11.5 Å². The molecular weight excluding hydrogens is 378 g/mol. The predicted octanol–water partition coefficient (Wildman–Crippen LogP) is 1.31.